The summed E-state index contributed by atoms with van der Waals surface area (Å²) in [6.45, 7) is 2.62. The van der Waals surface area contributed by atoms with Gasteiger partial charge in [-0.3, -0.25) is 9.69 Å². The van der Waals surface area contributed by atoms with Crippen LogP contribution in [0.4, 0.5) is 8.78 Å². The molecule has 2 aromatic rings. The van der Waals surface area contributed by atoms with Crippen molar-refractivity contribution < 1.29 is 13.6 Å². The van der Waals surface area contributed by atoms with Crippen LogP contribution in [0, 0.1) is 11.6 Å². The van der Waals surface area contributed by atoms with Crippen molar-refractivity contribution in [3.63, 3.8) is 0 Å². The molecule has 3 nitrogen and oxygen atoms in total. The summed E-state index contributed by atoms with van der Waals surface area (Å²) in [6, 6.07) is 12.2. The molecule has 0 aliphatic heterocycles. The van der Waals surface area contributed by atoms with Gasteiger partial charge in [0.05, 0.1) is 6.04 Å². The molecule has 5 heteroatoms. The van der Waals surface area contributed by atoms with Gasteiger partial charge in [0.1, 0.15) is 11.6 Å². The van der Waals surface area contributed by atoms with E-state index in [1.165, 1.54) is 24.3 Å². The first-order chi connectivity index (χ1) is 11.4. The van der Waals surface area contributed by atoms with Crippen molar-refractivity contribution in [3.05, 3.63) is 71.3 Å². The summed E-state index contributed by atoms with van der Waals surface area (Å²) in [5, 5.41) is 0. The van der Waals surface area contributed by atoms with Crippen LogP contribution in [-0.2, 0) is 17.9 Å². The molecule has 2 rings (SSSR count). The normalized spacial score (nSPS) is 12.2. The number of rotatable bonds is 6. The summed E-state index contributed by atoms with van der Waals surface area (Å²) in [6.07, 6.45) is 0. The lowest BCUT2D eigenvalue weighted by Crippen LogP contribution is -2.43. The second kappa shape index (κ2) is 8.02. The summed E-state index contributed by atoms with van der Waals surface area (Å²) >= 11 is 0. The van der Waals surface area contributed by atoms with E-state index in [-0.39, 0.29) is 23.6 Å². The fourth-order valence-electron chi connectivity index (χ4n) is 2.55. The third-order valence-corrected chi connectivity index (χ3v) is 4.02. The molecule has 2 aromatic carbocycles. The molecular formula is C19H22F2N2O. The van der Waals surface area contributed by atoms with Crippen LogP contribution in [0.1, 0.15) is 18.1 Å². The van der Waals surface area contributed by atoms with E-state index >= 15 is 0 Å². The van der Waals surface area contributed by atoms with E-state index in [1.54, 1.807) is 30.1 Å². The van der Waals surface area contributed by atoms with Crippen molar-refractivity contribution in [2.45, 2.75) is 26.1 Å². The van der Waals surface area contributed by atoms with Gasteiger partial charge in [0.25, 0.3) is 0 Å². The van der Waals surface area contributed by atoms with Crippen LogP contribution < -0.4 is 0 Å². The van der Waals surface area contributed by atoms with Crippen molar-refractivity contribution in [2.75, 3.05) is 14.1 Å². The highest BCUT2D eigenvalue weighted by Crippen LogP contribution is 2.12. The van der Waals surface area contributed by atoms with E-state index < -0.39 is 0 Å². The van der Waals surface area contributed by atoms with Crippen molar-refractivity contribution >= 4 is 5.91 Å². The molecule has 0 aliphatic carbocycles. The Bertz CT molecular complexity index is 705. The number of carbonyl (C=O) groups is 1. The fourth-order valence-corrected chi connectivity index (χ4v) is 2.55. The monoisotopic (exact) mass is 332 g/mol. The van der Waals surface area contributed by atoms with E-state index in [0.29, 0.717) is 13.1 Å². The Hall–Kier alpha value is -2.27. The van der Waals surface area contributed by atoms with Crippen LogP contribution >= 0.6 is 0 Å². The fraction of sp³-hybridized carbons (Fsp3) is 0.316. The molecule has 0 saturated carbocycles. The van der Waals surface area contributed by atoms with Gasteiger partial charge in [-0.15, -0.1) is 0 Å². The molecule has 0 aliphatic rings. The lowest BCUT2D eigenvalue weighted by molar-refractivity contribution is -0.135. The van der Waals surface area contributed by atoms with Crippen LogP contribution in [0.5, 0.6) is 0 Å². The van der Waals surface area contributed by atoms with E-state index in [4.69, 9.17) is 0 Å². The number of halogens is 2. The number of amides is 1. The Labute approximate surface area is 141 Å². The number of nitrogens with zero attached hydrogens (tertiary/aromatic N) is 2. The second-order valence-electron chi connectivity index (χ2n) is 6.05. The average molecular weight is 332 g/mol. The number of likely N-dealkylation sites (N-methyl/N-ethyl adjacent to an activating group) is 2. The van der Waals surface area contributed by atoms with E-state index in [9.17, 15) is 13.6 Å². The molecule has 128 valence electrons. The van der Waals surface area contributed by atoms with Crippen LogP contribution in [0.2, 0.25) is 0 Å². The van der Waals surface area contributed by atoms with Gasteiger partial charge in [0.2, 0.25) is 5.91 Å². The summed E-state index contributed by atoms with van der Waals surface area (Å²) in [5.41, 5.74) is 1.55. The Balaban J connectivity index is 1.97. The molecule has 24 heavy (non-hydrogen) atoms. The Morgan fingerprint density at radius 1 is 0.958 bits per heavy atom. The lowest BCUT2D eigenvalue weighted by Gasteiger charge is -2.28. The first-order valence-electron chi connectivity index (χ1n) is 7.81. The van der Waals surface area contributed by atoms with Gasteiger partial charge in [-0.25, -0.2) is 8.78 Å². The van der Waals surface area contributed by atoms with Gasteiger partial charge in [0.15, 0.2) is 0 Å². The minimum absolute atomic E-state index is 0.0711. The maximum atomic E-state index is 13.3. The van der Waals surface area contributed by atoms with Gasteiger partial charge in [0, 0.05) is 20.1 Å². The number of hydrogen-bond donors (Lipinski definition) is 0. The van der Waals surface area contributed by atoms with Gasteiger partial charge in [-0.2, -0.15) is 0 Å². The summed E-state index contributed by atoms with van der Waals surface area (Å²) in [4.78, 5) is 16.0. The molecule has 0 fully saturated rings. The van der Waals surface area contributed by atoms with Crippen LogP contribution in [-0.4, -0.2) is 35.8 Å². The molecule has 0 spiro atoms. The summed E-state index contributed by atoms with van der Waals surface area (Å²) in [5.74, 6) is -0.675. The first-order valence-corrected chi connectivity index (χ1v) is 7.81. The number of benzene rings is 2. The van der Waals surface area contributed by atoms with Crippen LogP contribution in [0.3, 0.4) is 0 Å². The van der Waals surface area contributed by atoms with Crippen LogP contribution in [0.15, 0.2) is 48.5 Å². The molecule has 0 N–H and O–H groups in total. The third-order valence-electron chi connectivity index (χ3n) is 4.02. The zero-order chi connectivity index (χ0) is 17.7. The maximum absolute atomic E-state index is 13.3. The van der Waals surface area contributed by atoms with Crippen molar-refractivity contribution in [1.82, 2.24) is 9.80 Å². The quantitative estimate of drug-likeness (QED) is 0.809. The summed E-state index contributed by atoms with van der Waals surface area (Å²) in [7, 11) is 3.52. The minimum Gasteiger partial charge on any atom is -0.340 e. The molecule has 0 bridgehead atoms. The van der Waals surface area contributed by atoms with E-state index in [0.717, 1.165) is 11.1 Å². The predicted octanol–water partition coefficient (Wildman–Crippen LogP) is 3.44. The predicted molar refractivity (Wildman–Crippen MR) is 90.2 cm³/mol. The van der Waals surface area contributed by atoms with Crippen molar-refractivity contribution in [2.24, 2.45) is 0 Å². The van der Waals surface area contributed by atoms with Crippen LogP contribution in [0.25, 0.3) is 0 Å². The maximum Gasteiger partial charge on any atom is 0.239 e. The molecule has 1 amide bonds. The van der Waals surface area contributed by atoms with E-state index in [1.807, 2.05) is 24.9 Å². The molecule has 0 radical (unpaired) electrons. The Morgan fingerprint density at radius 3 is 1.96 bits per heavy atom. The molecular weight excluding hydrogens is 310 g/mol. The van der Waals surface area contributed by atoms with E-state index in [2.05, 4.69) is 0 Å². The van der Waals surface area contributed by atoms with Gasteiger partial charge in [-0.05, 0) is 49.4 Å². The van der Waals surface area contributed by atoms with Gasteiger partial charge >= 0.3 is 0 Å². The average Bonchev–Trinajstić information content (AvgIpc) is 2.53. The highest BCUT2D eigenvalue weighted by atomic mass is 19.1. The van der Waals surface area contributed by atoms with Crippen molar-refractivity contribution in [1.29, 1.82) is 0 Å². The molecule has 0 saturated heterocycles. The topological polar surface area (TPSA) is 23.6 Å². The second-order valence-corrected chi connectivity index (χ2v) is 6.05. The van der Waals surface area contributed by atoms with Gasteiger partial charge < -0.3 is 4.90 Å². The lowest BCUT2D eigenvalue weighted by atomic mass is 10.1. The first kappa shape index (κ1) is 18.1. The highest BCUT2D eigenvalue weighted by molar-refractivity contribution is 5.81. The number of hydrogen-bond acceptors (Lipinski definition) is 2. The smallest absolute Gasteiger partial charge is 0.239 e. The summed E-state index contributed by atoms with van der Waals surface area (Å²) < 4.78 is 26.5. The standard InChI is InChI=1S/C19H22F2N2O/c1-14(22(2)12-15-6-4-8-17(20)10-15)19(24)23(3)13-16-7-5-9-18(21)11-16/h4-11,14H,12-13H2,1-3H3. The SMILES string of the molecule is CC(C(=O)N(C)Cc1cccc(F)c1)N(C)Cc1cccc(F)c1. The Kier molecular flexibility index (Phi) is 6.04. The molecule has 0 heterocycles. The number of carbonyl (C=O) groups excluding carboxylic acids is 1. The molecule has 1 unspecified atom stereocenters. The zero-order valence-electron chi connectivity index (χ0n) is 14.2. The van der Waals surface area contributed by atoms with Crippen molar-refractivity contribution in [3.8, 4) is 0 Å². The molecule has 1 atom stereocenters. The zero-order valence-corrected chi connectivity index (χ0v) is 14.2. The van der Waals surface area contributed by atoms with Gasteiger partial charge in [-0.1, -0.05) is 24.3 Å². The highest BCUT2D eigenvalue weighted by Gasteiger charge is 2.22. The minimum atomic E-state index is -0.369. The molecule has 0 aromatic heterocycles. The largest absolute Gasteiger partial charge is 0.340 e. The Morgan fingerprint density at radius 2 is 1.46 bits per heavy atom. The third kappa shape index (κ3) is 4.86.